The standard InChI is InChI=1S/C16H23N5OS/c1-11(13-9-7-6-8-10-13)17-14(22)12(2)23-15-18-19-20-21(15)16(3,4)5/h6-12H,1-5H3,(H,17,22). The van der Waals surface area contributed by atoms with Crippen molar-refractivity contribution in [3.8, 4) is 0 Å². The molecule has 124 valence electrons. The van der Waals surface area contributed by atoms with Gasteiger partial charge in [-0.25, -0.2) is 4.68 Å². The summed E-state index contributed by atoms with van der Waals surface area (Å²) in [6.07, 6.45) is 0. The van der Waals surface area contributed by atoms with Crippen LogP contribution in [0.5, 0.6) is 0 Å². The Labute approximate surface area is 141 Å². The molecule has 6 nitrogen and oxygen atoms in total. The number of benzene rings is 1. The van der Waals surface area contributed by atoms with Crippen LogP contribution in [0.2, 0.25) is 0 Å². The van der Waals surface area contributed by atoms with Crippen LogP contribution in [0.25, 0.3) is 0 Å². The first-order valence-corrected chi connectivity index (χ1v) is 8.48. The van der Waals surface area contributed by atoms with Gasteiger partial charge in [0.2, 0.25) is 11.1 Å². The molecule has 1 heterocycles. The number of hydrogen-bond acceptors (Lipinski definition) is 5. The Morgan fingerprint density at radius 1 is 1.22 bits per heavy atom. The quantitative estimate of drug-likeness (QED) is 0.852. The molecular weight excluding hydrogens is 310 g/mol. The third-order valence-electron chi connectivity index (χ3n) is 3.39. The number of tetrazole rings is 1. The molecule has 0 saturated carbocycles. The van der Waals surface area contributed by atoms with Gasteiger partial charge in [0, 0.05) is 0 Å². The van der Waals surface area contributed by atoms with Crippen molar-refractivity contribution in [2.24, 2.45) is 0 Å². The second-order valence-corrected chi connectivity index (χ2v) is 7.75. The van der Waals surface area contributed by atoms with Crippen LogP contribution in [0, 0.1) is 0 Å². The predicted octanol–water partition coefficient (Wildman–Crippen LogP) is 2.79. The maximum absolute atomic E-state index is 12.4. The Kier molecular flexibility index (Phi) is 5.41. The van der Waals surface area contributed by atoms with E-state index in [0.717, 1.165) is 5.56 Å². The fraction of sp³-hybridized carbons (Fsp3) is 0.500. The van der Waals surface area contributed by atoms with E-state index in [1.807, 2.05) is 65.0 Å². The van der Waals surface area contributed by atoms with Gasteiger partial charge < -0.3 is 5.32 Å². The van der Waals surface area contributed by atoms with E-state index in [1.54, 1.807) is 4.68 Å². The third kappa shape index (κ3) is 4.54. The van der Waals surface area contributed by atoms with Crippen LogP contribution in [0.3, 0.4) is 0 Å². The summed E-state index contributed by atoms with van der Waals surface area (Å²) >= 11 is 1.36. The lowest BCUT2D eigenvalue weighted by Gasteiger charge is -2.21. The Morgan fingerprint density at radius 3 is 2.48 bits per heavy atom. The zero-order chi connectivity index (χ0) is 17.0. The first kappa shape index (κ1) is 17.5. The molecule has 0 fully saturated rings. The van der Waals surface area contributed by atoms with E-state index in [4.69, 9.17) is 0 Å². The van der Waals surface area contributed by atoms with Crippen molar-refractivity contribution in [1.29, 1.82) is 0 Å². The van der Waals surface area contributed by atoms with Gasteiger partial charge in [0.1, 0.15) is 0 Å². The molecule has 2 atom stereocenters. The number of carbonyl (C=O) groups is 1. The number of nitrogens with one attached hydrogen (secondary N) is 1. The van der Waals surface area contributed by atoms with Crippen molar-refractivity contribution in [1.82, 2.24) is 25.5 Å². The predicted molar refractivity (Wildman–Crippen MR) is 91.1 cm³/mol. The van der Waals surface area contributed by atoms with Crippen LogP contribution in [-0.2, 0) is 10.3 Å². The SMILES string of the molecule is CC(Sc1nnnn1C(C)(C)C)C(=O)NC(C)c1ccccc1. The second-order valence-electron chi connectivity index (χ2n) is 6.45. The average molecular weight is 333 g/mol. The summed E-state index contributed by atoms with van der Waals surface area (Å²) in [6, 6.07) is 9.86. The normalized spacial score (nSPS) is 14.3. The number of thioether (sulfide) groups is 1. The third-order valence-corrected chi connectivity index (χ3v) is 4.42. The molecule has 0 bridgehead atoms. The van der Waals surface area contributed by atoms with Crippen molar-refractivity contribution in [3.05, 3.63) is 35.9 Å². The lowest BCUT2D eigenvalue weighted by atomic mass is 10.1. The number of aromatic nitrogens is 4. The highest BCUT2D eigenvalue weighted by atomic mass is 32.2. The van der Waals surface area contributed by atoms with E-state index in [1.165, 1.54) is 11.8 Å². The van der Waals surface area contributed by atoms with Crippen LogP contribution in [0.1, 0.15) is 46.2 Å². The number of carbonyl (C=O) groups excluding carboxylic acids is 1. The summed E-state index contributed by atoms with van der Waals surface area (Å²) in [6.45, 7) is 9.91. The van der Waals surface area contributed by atoms with Crippen molar-refractivity contribution in [3.63, 3.8) is 0 Å². The molecule has 2 aromatic rings. The summed E-state index contributed by atoms with van der Waals surface area (Å²) in [5, 5.41) is 15.1. The van der Waals surface area contributed by atoms with Crippen LogP contribution in [-0.4, -0.2) is 31.4 Å². The molecule has 0 aliphatic rings. The monoisotopic (exact) mass is 333 g/mol. The smallest absolute Gasteiger partial charge is 0.233 e. The summed E-state index contributed by atoms with van der Waals surface area (Å²) < 4.78 is 1.74. The van der Waals surface area contributed by atoms with Gasteiger partial charge in [-0.2, -0.15) is 0 Å². The first-order valence-electron chi connectivity index (χ1n) is 7.60. The fourth-order valence-electron chi connectivity index (χ4n) is 2.04. The van der Waals surface area contributed by atoms with Gasteiger partial charge >= 0.3 is 0 Å². The minimum absolute atomic E-state index is 0.0326. The van der Waals surface area contributed by atoms with Crippen molar-refractivity contribution in [2.45, 2.75) is 56.6 Å². The Morgan fingerprint density at radius 2 is 1.87 bits per heavy atom. The summed E-state index contributed by atoms with van der Waals surface area (Å²) in [7, 11) is 0. The van der Waals surface area contributed by atoms with Gasteiger partial charge in [-0.1, -0.05) is 42.1 Å². The molecule has 0 aliphatic heterocycles. The highest BCUT2D eigenvalue weighted by Crippen LogP contribution is 2.25. The van der Waals surface area contributed by atoms with Crippen LogP contribution in [0.4, 0.5) is 0 Å². The second kappa shape index (κ2) is 7.12. The molecule has 1 amide bonds. The van der Waals surface area contributed by atoms with Crippen LogP contribution in [0.15, 0.2) is 35.5 Å². The maximum Gasteiger partial charge on any atom is 0.233 e. The largest absolute Gasteiger partial charge is 0.349 e. The molecule has 0 saturated heterocycles. The zero-order valence-corrected chi connectivity index (χ0v) is 15.0. The topological polar surface area (TPSA) is 72.7 Å². The van der Waals surface area contributed by atoms with Gasteiger partial charge in [-0.3, -0.25) is 4.79 Å². The highest BCUT2D eigenvalue weighted by Gasteiger charge is 2.24. The van der Waals surface area contributed by atoms with E-state index in [2.05, 4.69) is 20.8 Å². The first-order chi connectivity index (χ1) is 10.8. The van der Waals surface area contributed by atoms with Gasteiger partial charge in [0.15, 0.2) is 0 Å². The molecule has 0 aliphatic carbocycles. The van der Waals surface area contributed by atoms with Crippen molar-refractivity contribution in [2.75, 3.05) is 0 Å². The van der Waals surface area contributed by atoms with E-state index in [9.17, 15) is 4.79 Å². The van der Waals surface area contributed by atoms with Crippen molar-refractivity contribution < 1.29 is 4.79 Å². The van der Waals surface area contributed by atoms with Gasteiger partial charge in [-0.05, 0) is 50.6 Å². The molecule has 1 N–H and O–H groups in total. The molecule has 0 spiro atoms. The van der Waals surface area contributed by atoms with E-state index >= 15 is 0 Å². The van der Waals surface area contributed by atoms with E-state index in [0.29, 0.717) is 5.16 Å². The molecular formula is C16H23N5OS. The Bertz CT molecular complexity index is 650. The molecule has 1 aromatic carbocycles. The fourth-order valence-corrected chi connectivity index (χ4v) is 3.03. The minimum Gasteiger partial charge on any atom is -0.349 e. The number of hydrogen-bond donors (Lipinski definition) is 1. The van der Waals surface area contributed by atoms with Gasteiger partial charge in [0.05, 0.1) is 16.8 Å². The number of amides is 1. The summed E-state index contributed by atoms with van der Waals surface area (Å²) in [5.41, 5.74) is 0.858. The number of rotatable bonds is 5. The minimum atomic E-state index is -0.284. The zero-order valence-electron chi connectivity index (χ0n) is 14.1. The molecule has 23 heavy (non-hydrogen) atoms. The Balaban J connectivity index is 2.00. The Hall–Kier alpha value is -1.89. The van der Waals surface area contributed by atoms with Gasteiger partial charge in [-0.15, -0.1) is 5.10 Å². The molecule has 1 aromatic heterocycles. The maximum atomic E-state index is 12.4. The molecule has 7 heteroatoms. The average Bonchev–Trinajstić information content (AvgIpc) is 2.96. The lowest BCUT2D eigenvalue weighted by molar-refractivity contribution is -0.120. The number of nitrogens with zero attached hydrogens (tertiary/aromatic N) is 4. The summed E-state index contributed by atoms with van der Waals surface area (Å²) in [5.74, 6) is -0.0326. The van der Waals surface area contributed by atoms with Gasteiger partial charge in [0.25, 0.3) is 0 Å². The molecule has 2 unspecified atom stereocenters. The summed E-state index contributed by atoms with van der Waals surface area (Å²) in [4.78, 5) is 12.4. The van der Waals surface area contributed by atoms with E-state index in [-0.39, 0.29) is 22.7 Å². The van der Waals surface area contributed by atoms with Crippen LogP contribution >= 0.6 is 11.8 Å². The lowest BCUT2D eigenvalue weighted by Crippen LogP contribution is -2.33. The van der Waals surface area contributed by atoms with Crippen molar-refractivity contribution >= 4 is 17.7 Å². The van der Waals surface area contributed by atoms with Crippen LogP contribution < -0.4 is 5.32 Å². The highest BCUT2D eigenvalue weighted by molar-refractivity contribution is 8.00. The molecule has 2 rings (SSSR count). The van der Waals surface area contributed by atoms with E-state index < -0.39 is 0 Å². The molecule has 0 radical (unpaired) electrons.